The largest absolute Gasteiger partial charge is 0.423 e. The van der Waals surface area contributed by atoms with Crippen molar-refractivity contribution in [3.8, 4) is 22.5 Å². The molecule has 4 aromatic rings. The summed E-state index contributed by atoms with van der Waals surface area (Å²) in [6.07, 6.45) is 3.53. The van der Waals surface area contributed by atoms with Gasteiger partial charge in [0.25, 0.3) is 6.01 Å². The first-order valence-electron chi connectivity index (χ1n) is 9.39. The maximum Gasteiger partial charge on any atom is 0.299 e. The van der Waals surface area contributed by atoms with Crippen LogP contribution in [0, 0.1) is 0 Å². The van der Waals surface area contributed by atoms with Gasteiger partial charge in [0.1, 0.15) is 0 Å². The Bertz CT molecular complexity index is 1120. The smallest absolute Gasteiger partial charge is 0.299 e. The first-order chi connectivity index (χ1) is 14.6. The Kier molecular flexibility index (Phi) is 5.87. The number of nitrogens with two attached hydrogens (primary N) is 1. The summed E-state index contributed by atoms with van der Waals surface area (Å²) in [5.74, 6) is 0.508. The molecule has 2 aromatic heterocycles. The molecule has 0 saturated carbocycles. The number of hydrogen-bond acceptors (Lipinski definition) is 7. The number of aromatic nitrogens is 2. The Balaban J connectivity index is 1.50. The summed E-state index contributed by atoms with van der Waals surface area (Å²) in [5.41, 5.74) is 10.4. The molecule has 0 spiro atoms. The van der Waals surface area contributed by atoms with Crippen LogP contribution < -0.4 is 11.1 Å². The number of carbonyl (C=O) groups excluding carboxylic acids is 1. The van der Waals surface area contributed by atoms with Crippen molar-refractivity contribution in [1.29, 1.82) is 0 Å². The number of amides is 1. The Morgan fingerprint density at radius 3 is 2.67 bits per heavy atom. The first kappa shape index (κ1) is 19.8. The standard InChI is InChI=1S/C22H21N5O2S/c1-27(21(28)10-23)13-16-4-2-3-5-19(16)20-12-24-22(29-20)26-18-8-6-15(7-9-18)17-11-25-30-14-17/h2-9,11-12,14H,10,13,23H2,1H3,(H,24,26). The summed E-state index contributed by atoms with van der Waals surface area (Å²) in [6, 6.07) is 16.2. The van der Waals surface area contributed by atoms with E-state index >= 15 is 0 Å². The Morgan fingerprint density at radius 1 is 1.13 bits per heavy atom. The fourth-order valence-electron chi connectivity index (χ4n) is 3.07. The second kappa shape index (κ2) is 8.89. The monoisotopic (exact) mass is 419 g/mol. The van der Waals surface area contributed by atoms with E-state index in [-0.39, 0.29) is 12.5 Å². The molecule has 0 bridgehead atoms. The van der Waals surface area contributed by atoms with E-state index in [1.807, 2.05) is 60.1 Å². The highest BCUT2D eigenvalue weighted by atomic mass is 32.1. The quantitative estimate of drug-likeness (QED) is 0.468. The molecule has 0 atom stereocenters. The van der Waals surface area contributed by atoms with Crippen LogP contribution in [-0.2, 0) is 11.3 Å². The number of nitrogens with one attached hydrogen (secondary N) is 1. The van der Waals surface area contributed by atoms with Gasteiger partial charge in [-0.2, -0.15) is 0 Å². The summed E-state index contributed by atoms with van der Waals surface area (Å²) in [5, 5.41) is 5.19. The summed E-state index contributed by atoms with van der Waals surface area (Å²) in [4.78, 5) is 17.8. The molecular weight excluding hydrogens is 398 g/mol. The van der Waals surface area contributed by atoms with Gasteiger partial charge in [-0.05, 0) is 34.8 Å². The van der Waals surface area contributed by atoms with Crippen molar-refractivity contribution in [2.45, 2.75) is 6.54 Å². The number of hydrogen-bond donors (Lipinski definition) is 2. The van der Waals surface area contributed by atoms with E-state index in [1.54, 1.807) is 18.1 Å². The van der Waals surface area contributed by atoms with Crippen LogP contribution in [0.15, 0.2) is 70.7 Å². The van der Waals surface area contributed by atoms with Gasteiger partial charge in [-0.25, -0.2) is 9.36 Å². The molecule has 8 heteroatoms. The molecule has 0 aliphatic carbocycles. The molecule has 3 N–H and O–H groups in total. The molecule has 4 rings (SSSR count). The summed E-state index contributed by atoms with van der Waals surface area (Å²) in [6.45, 7) is 0.422. The van der Waals surface area contributed by atoms with E-state index in [2.05, 4.69) is 14.7 Å². The van der Waals surface area contributed by atoms with Crippen molar-refractivity contribution >= 4 is 29.1 Å². The molecule has 152 valence electrons. The van der Waals surface area contributed by atoms with E-state index in [1.165, 1.54) is 11.5 Å². The van der Waals surface area contributed by atoms with Gasteiger partial charge < -0.3 is 20.4 Å². The molecule has 0 radical (unpaired) electrons. The van der Waals surface area contributed by atoms with Crippen molar-refractivity contribution in [1.82, 2.24) is 14.3 Å². The highest BCUT2D eigenvalue weighted by Crippen LogP contribution is 2.29. The molecule has 2 heterocycles. The second-order valence-corrected chi connectivity index (χ2v) is 7.41. The molecule has 7 nitrogen and oxygen atoms in total. The number of anilines is 2. The topological polar surface area (TPSA) is 97.3 Å². The van der Waals surface area contributed by atoms with Crippen LogP contribution in [-0.4, -0.2) is 33.8 Å². The van der Waals surface area contributed by atoms with Crippen LogP contribution in [0.1, 0.15) is 5.56 Å². The highest BCUT2D eigenvalue weighted by molar-refractivity contribution is 7.03. The number of benzene rings is 2. The zero-order valence-electron chi connectivity index (χ0n) is 16.4. The van der Waals surface area contributed by atoms with Crippen molar-refractivity contribution < 1.29 is 9.21 Å². The lowest BCUT2D eigenvalue weighted by Crippen LogP contribution is -2.32. The van der Waals surface area contributed by atoms with Crippen molar-refractivity contribution in [2.24, 2.45) is 5.73 Å². The van der Waals surface area contributed by atoms with Crippen LogP contribution in [0.2, 0.25) is 0 Å². The summed E-state index contributed by atoms with van der Waals surface area (Å²) < 4.78 is 10.1. The lowest BCUT2D eigenvalue weighted by molar-refractivity contribution is -0.128. The van der Waals surface area contributed by atoms with Gasteiger partial charge in [0.2, 0.25) is 5.91 Å². The SMILES string of the molecule is CN(Cc1ccccc1-c1cnc(Nc2ccc(-c3cnsc3)cc2)o1)C(=O)CN. The van der Waals surface area contributed by atoms with E-state index in [0.717, 1.165) is 27.9 Å². The predicted octanol–water partition coefficient (Wildman–Crippen LogP) is 4.13. The third-order valence-corrected chi connectivity index (χ3v) is 5.28. The summed E-state index contributed by atoms with van der Waals surface area (Å²) >= 11 is 1.43. The Hall–Kier alpha value is -3.49. The molecule has 1 amide bonds. The van der Waals surface area contributed by atoms with Crippen molar-refractivity contribution in [2.75, 3.05) is 18.9 Å². The number of oxazole rings is 1. The summed E-state index contributed by atoms with van der Waals surface area (Å²) in [7, 11) is 1.73. The Labute approximate surface area is 178 Å². The van der Waals surface area contributed by atoms with Crippen LogP contribution in [0.25, 0.3) is 22.5 Å². The van der Waals surface area contributed by atoms with Gasteiger partial charge in [0.15, 0.2) is 5.76 Å². The van der Waals surface area contributed by atoms with E-state index < -0.39 is 0 Å². The molecular formula is C22H21N5O2S. The number of nitrogens with zero attached hydrogens (tertiary/aromatic N) is 3. The molecule has 0 fully saturated rings. The maximum absolute atomic E-state index is 11.8. The zero-order valence-corrected chi connectivity index (χ0v) is 17.2. The number of carbonyl (C=O) groups is 1. The molecule has 0 saturated heterocycles. The van der Waals surface area contributed by atoms with Gasteiger partial charge in [0, 0.05) is 42.0 Å². The minimum atomic E-state index is -0.119. The lowest BCUT2D eigenvalue weighted by Gasteiger charge is -2.17. The minimum Gasteiger partial charge on any atom is -0.423 e. The maximum atomic E-state index is 11.8. The molecule has 2 aromatic carbocycles. The van der Waals surface area contributed by atoms with Crippen molar-refractivity contribution in [3.05, 3.63) is 71.9 Å². The Morgan fingerprint density at radius 2 is 1.93 bits per heavy atom. The second-order valence-electron chi connectivity index (χ2n) is 6.76. The molecule has 0 aliphatic rings. The van der Waals surface area contributed by atoms with Gasteiger partial charge >= 0.3 is 0 Å². The van der Waals surface area contributed by atoms with Gasteiger partial charge in [-0.1, -0.05) is 36.4 Å². The third kappa shape index (κ3) is 4.40. The van der Waals surface area contributed by atoms with Crippen LogP contribution in [0.5, 0.6) is 0 Å². The fraction of sp³-hybridized carbons (Fsp3) is 0.136. The van der Waals surface area contributed by atoms with Crippen LogP contribution in [0.3, 0.4) is 0 Å². The average Bonchev–Trinajstić information content (AvgIpc) is 3.46. The van der Waals surface area contributed by atoms with Crippen molar-refractivity contribution in [3.63, 3.8) is 0 Å². The minimum absolute atomic E-state index is 0.0171. The first-order valence-corrected chi connectivity index (χ1v) is 10.2. The predicted molar refractivity (Wildman–Crippen MR) is 118 cm³/mol. The number of likely N-dealkylation sites (N-methyl/N-ethyl adjacent to an activating group) is 1. The molecule has 0 unspecified atom stereocenters. The van der Waals surface area contributed by atoms with Gasteiger partial charge in [-0.3, -0.25) is 4.79 Å². The van der Waals surface area contributed by atoms with Gasteiger partial charge in [-0.15, -0.1) is 0 Å². The average molecular weight is 420 g/mol. The van der Waals surface area contributed by atoms with E-state index in [4.69, 9.17) is 10.2 Å². The fourth-order valence-corrected chi connectivity index (χ4v) is 3.62. The molecule has 30 heavy (non-hydrogen) atoms. The number of rotatable bonds is 7. The third-order valence-electron chi connectivity index (χ3n) is 4.70. The van der Waals surface area contributed by atoms with E-state index in [9.17, 15) is 4.79 Å². The van der Waals surface area contributed by atoms with E-state index in [0.29, 0.717) is 18.3 Å². The molecule has 0 aliphatic heterocycles. The zero-order chi connectivity index (χ0) is 20.9. The van der Waals surface area contributed by atoms with Crippen LogP contribution in [0.4, 0.5) is 11.7 Å². The highest BCUT2D eigenvalue weighted by Gasteiger charge is 2.14. The van der Waals surface area contributed by atoms with Gasteiger partial charge in [0.05, 0.1) is 12.7 Å². The van der Waals surface area contributed by atoms with Crippen LogP contribution >= 0.6 is 11.5 Å². The normalized spacial score (nSPS) is 10.7. The lowest BCUT2D eigenvalue weighted by atomic mass is 10.1.